The lowest BCUT2D eigenvalue weighted by molar-refractivity contribution is -0.384. The van der Waals surface area contributed by atoms with Crippen LogP contribution in [-0.2, 0) is 0 Å². The fourth-order valence-corrected chi connectivity index (χ4v) is 2.68. The first kappa shape index (κ1) is 12.6. The molecule has 0 aromatic heterocycles. The number of hydrogen-bond donors (Lipinski definition) is 0. The predicted octanol–water partition coefficient (Wildman–Crippen LogP) is 4.00. The normalized spacial score (nSPS) is 19.7. The third-order valence-corrected chi connectivity index (χ3v) is 4.27. The molecular weight excluding hydrogens is 307 g/mol. The van der Waals surface area contributed by atoms with Gasteiger partial charge in [0, 0.05) is 23.1 Å². The zero-order valence-corrected chi connectivity index (χ0v) is 11.7. The van der Waals surface area contributed by atoms with Crippen molar-refractivity contribution in [2.24, 2.45) is 0 Å². The Morgan fingerprint density at radius 1 is 1.59 bits per heavy atom. The number of hydrogen-bond acceptors (Lipinski definition) is 3. The maximum absolute atomic E-state index is 11.1. The van der Waals surface area contributed by atoms with Crippen LogP contribution in [0.2, 0.25) is 5.02 Å². The topological polar surface area (TPSA) is 46.4 Å². The van der Waals surface area contributed by atoms with Crippen molar-refractivity contribution in [3.8, 4) is 0 Å². The highest BCUT2D eigenvalue weighted by atomic mass is 79.9. The minimum atomic E-state index is -0.360. The molecule has 0 N–H and O–H groups in total. The second kappa shape index (κ2) is 4.82. The van der Waals surface area contributed by atoms with E-state index in [0.29, 0.717) is 21.2 Å². The number of nitro groups is 1. The SMILES string of the molecule is CC1CCCN1c1cc(Cl)c(Br)cc1[N+](=O)[O-]. The molecule has 1 saturated heterocycles. The van der Waals surface area contributed by atoms with Gasteiger partial charge in [0.15, 0.2) is 0 Å². The van der Waals surface area contributed by atoms with Gasteiger partial charge in [0.2, 0.25) is 0 Å². The lowest BCUT2D eigenvalue weighted by Gasteiger charge is -2.23. The third kappa shape index (κ3) is 2.40. The first-order chi connectivity index (χ1) is 8.00. The van der Waals surface area contributed by atoms with Gasteiger partial charge in [-0.25, -0.2) is 0 Å². The van der Waals surface area contributed by atoms with Crippen LogP contribution in [0.1, 0.15) is 19.8 Å². The van der Waals surface area contributed by atoms with Crippen molar-refractivity contribution in [1.82, 2.24) is 0 Å². The summed E-state index contributed by atoms with van der Waals surface area (Å²) in [5, 5.41) is 11.6. The number of benzene rings is 1. The fraction of sp³-hybridized carbons (Fsp3) is 0.455. The van der Waals surface area contributed by atoms with E-state index in [2.05, 4.69) is 27.8 Å². The standard InChI is InChI=1S/C11H12BrClN2O2/c1-7-3-2-4-14(7)10-6-9(13)8(12)5-11(10)15(16)17/h5-7H,2-4H2,1H3. The fourth-order valence-electron chi connectivity index (χ4n) is 2.19. The summed E-state index contributed by atoms with van der Waals surface area (Å²) < 4.78 is 0.557. The van der Waals surface area contributed by atoms with Gasteiger partial charge in [-0.05, 0) is 41.8 Å². The van der Waals surface area contributed by atoms with Crippen LogP contribution < -0.4 is 4.90 Å². The monoisotopic (exact) mass is 318 g/mol. The van der Waals surface area contributed by atoms with E-state index in [9.17, 15) is 10.1 Å². The molecule has 4 nitrogen and oxygen atoms in total. The van der Waals surface area contributed by atoms with Gasteiger partial charge in [-0.3, -0.25) is 10.1 Å². The first-order valence-corrected chi connectivity index (χ1v) is 6.58. The zero-order chi connectivity index (χ0) is 12.6. The van der Waals surface area contributed by atoms with Crippen LogP contribution in [0.25, 0.3) is 0 Å². The van der Waals surface area contributed by atoms with Crippen molar-refractivity contribution in [2.45, 2.75) is 25.8 Å². The average molecular weight is 320 g/mol. The van der Waals surface area contributed by atoms with Crippen LogP contribution in [0.5, 0.6) is 0 Å². The summed E-state index contributed by atoms with van der Waals surface area (Å²) >= 11 is 9.24. The van der Waals surface area contributed by atoms with Gasteiger partial charge in [-0.1, -0.05) is 11.6 Å². The molecule has 1 aromatic rings. The summed E-state index contributed by atoms with van der Waals surface area (Å²) in [4.78, 5) is 12.8. The summed E-state index contributed by atoms with van der Waals surface area (Å²) in [5.41, 5.74) is 0.725. The molecule has 1 aromatic carbocycles. The molecule has 0 saturated carbocycles. The molecule has 1 unspecified atom stereocenters. The molecule has 1 aliphatic heterocycles. The lowest BCUT2D eigenvalue weighted by atomic mass is 10.2. The number of halogens is 2. The van der Waals surface area contributed by atoms with Gasteiger partial charge >= 0.3 is 0 Å². The molecule has 2 rings (SSSR count). The molecule has 1 aliphatic rings. The van der Waals surface area contributed by atoms with E-state index >= 15 is 0 Å². The van der Waals surface area contributed by atoms with Gasteiger partial charge in [-0.15, -0.1) is 0 Å². The molecule has 17 heavy (non-hydrogen) atoms. The summed E-state index contributed by atoms with van der Waals surface area (Å²) in [7, 11) is 0. The maximum Gasteiger partial charge on any atom is 0.293 e. The minimum absolute atomic E-state index is 0.107. The molecule has 0 aliphatic carbocycles. The van der Waals surface area contributed by atoms with E-state index in [1.807, 2.05) is 0 Å². The minimum Gasteiger partial charge on any atom is -0.363 e. The smallest absolute Gasteiger partial charge is 0.293 e. The Kier molecular flexibility index (Phi) is 3.58. The Labute approximate surface area is 113 Å². The summed E-state index contributed by atoms with van der Waals surface area (Å²) in [5.74, 6) is 0. The molecule has 0 bridgehead atoms. The summed E-state index contributed by atoms with van der Waals surface area (Å²) in [6.07, 6.45) is 2.12. The maximum atomic E-state index is 11.1. The molecule has 1 fully saturated rings. The van der Waals surface area contributed by atoms with Gasteiger partial charge < -0.3 is 4.90 Å². The van der Waals surface area contributed by atoms with Crippen molar-refractivity contribution in [1.29, 1.82) is 0 Å². The Morgan fingerprint density at radius 2 is 2.29 bits per heavy atom. The van der Waals surface area contributed by atoms with Gasteiger partial charge in [-0.2, -0.15) is 0 Å². The molecule has 1 atom stereocenters. The Morgan fingerprint density at radius 3 is 2.82 bits per heavy atom. The van der Waals surface area contributed by atoms with Crippen LogP contribution in [0.3, 0.4) is 0 Å². The molecule has 0 radical (unpaired) electrons. The van der Waals surface area contributed by atoms with Crippen LogP contribution in [-0.4, -0.2) is 17.5 Å². The molecule has 6 heteroatoms. The molecule has 92 valence electrons. The highest BCUT2D eigenvalue weighted by molar-refractivity contribution is 9.10. The quantitative estimate of drug-likeness (QED) is 0.611. The lowest BCUT2D eigenvalue weighted by Crippen LogP contribution is -2.27. The molecule has 1 heterocycles. The Hall–Kier alpha value is -0.810. The zero-order valence-electron chi connectivity index (χ0n) is 9.32. The second-order valence-corrected chi connectivity index (χ2v) is 5.46. The van der Waals surface area contributed by atoms with E-state index in [4.69, 9.17) is 11.6 Å². The highest BCUT2D eigenvalue weighted by Gasteiger charge is 2.28. The Balaban J connectivity index is 2.51. The van der Waals surface area contributed by atoms with Crippen molar-refractivity contribution in [2.75, 3.05) is 11.4 Å². The number of anilines is 1. The first-order valence-electron chi connectivity index (χ1n) is 5.41. The van der Waals surface area contributed by atoms with E-state index in [1.165, 1.54) is 6.07 Å². The molecule has 0 amide bonds. The van der Waals surface area contributed by atoms with Gasteiger partial charge in [0.1, 0.15) is 5.69 Å². The van der Waals surface area contributed by atoms with Crippen LogP contribution in [0.4, 0.5) is 11.4 Å². The van der Waals surface area contributed by atoms with Crippen LogP contribution in [0, 0.1) is 10.1 Å². The van der Waals surface area contributed by atoms with Crippen molar-refractivity contribution >= 4 is 38.9 Å². The van der Waals surface area contributed by atoms with E-state index < -0.39 is 0 Å². The van der Waals surface area contributed by atoms with Crippen LogP contribution in [0.15, 0.2) is 16.6 Å². The Bertz CT molecular complexity index is 467. The van der Waals surface area contributed by atoms with E-state index in [0.717, 1.165) is 19.4 Å². The predicted molar refractivity (Wildman–Crippen MR) is 71.8 cm³/mol. The van der Waals surface area contributed by atoms with Gasteiger partial charge in [0.05, 0.1) is 9.95 Å². The third-order valence-electron chi connectivity index (χ3n) is 3.08. The van der Waals surface area contributed by atoms with Crippen molar-refractivity contribution < 1.29 is 4.92 Å². The molecular formula is C11H12BrClN2O2. The van der Waals surface area contributed by atoms with E-state index in [-0.39, 0.29) is 10.6 Å². The van der Waals surface area contributed by atoms with Crippen LogP contribution >= 0.6 is 27.5 Å². The molecule has 0 spiro atoms. The van der Waals surface area contributed by atoms with Gasteiger partial charge in [0.25, 0.3) is 5.69 Å². The summed E-state index contributed by atoms with van der Waals surface area (Å²) in [6.45, 7) is 2.92. The van der Waals surface area contributed by atoms with E-state index in [1.54, 1.807) is 6.07 Å². The number of nitrogens with zero attached hydrogens (tertiary/aromatic N) is 2. The second-order valence-electron chi connectivity index (χ2n) is 4.20. The van der Waals surface area contributed by atoms with Crippen molar-refractivity contribution in [3.63, 3.8) is 0 Å². The summed E-state index contributed by atoms with van der Waals surface area (Å²) in [6, 6.07) is 3.47. The highest BCUT2D eigenvalue weighted by Crippen LogP contribution is 2.39. The number of nitro benzene ring substituents is 1. The van der Waals surface area contributed by atoms with Crippen molar-refractivity contribution in [3.05, 3.63) is 31.7 Å². The average Bonchev–Trinajstić information content (AvgIpc) is 2.67. The largest absolute Gasteiger partial charge is 0.363 e. The number of rotatable bonds is 2.